The molecule has 0 aromatic carbocycles. The number of imidazole rings is 1. The molecule has 1 aromatic heterocycles. The van der Waals surface area contributed by atoms with E-state index in [1.165, 1.54) is 0 Å². The van der Waals surface area contributed by atoms with Crippen molar-refractivity contribution in [3.8, 4) is 0 Å². The number of nitrogens with zero attached hydrogens (tertiary/aromatic N) is 2. The third-order valence-electron chi connectivity index (χ3n) is 0.640. The lowest BCUT2D eigenvalue weighted by molar-refractivity contribution is -0.756. The van der Waals surface area contributed by atoms with E-state index in [2.05, 4.69) is 14.8 Å². The highest BCUT2D eigenvalue weighted by atomic mass is 16.9. The number of hydrogen-bond donors (Lipinski definition) is 1. The number of aromatic nitrogens is 2. The second-order valence-corrected chi connectivity index (χ2v) is 1.40. The topological polar surface area (TPSA) is 81.0 Å². The van der Waals surface area contributed by atoms with Gasteiger partial charge in [0.25, 0.3) is 5.09 Å². The zero-order chi connectivity index (χ0) is 8.53. The van der Waals surface area contributed by atoms with Gasteiger partial charge in [0.2, 0.25) is 0 Å². The molecule has 0 amide bonds. The standard InChI is InChI=1S/C3H4N2.C2H5NO3/c1-2-5-3-4-1;1-2-6-3(4)5/h1-3H,(H,4,5);2H2,1H3. The van der Waals surface area contributed by atoms with Crippen molar-refractivity contribution < 1.29 is 9.92 Å². The van der Waals surface area contributed by atoms with Crippen LogP contribution in [0.15, 0.2) is 18.7 Å². The van der Waals surface area contributed by atoms with Gasteiger partial charge >= 0.3 is 0 Å². The third-order valence-corrected chi connectivity index (χ3v) is 0.640. The van der Waals surface area contributed by atoms with Crippen LogP contribution in [0.1, 0.15) is 6.92 Å². The molecule has 0 fully saturated rings. The van der Waals surface area contributed by atoms with Gasteiger partial charge in [0, 0.05) is 12.4 Å². The molecule has 11 heavy (non-hydrogen) atoms. The molecule has 1 rings (SSSR count). The van der Waals surface area contributed by atoms with Crippen LogP contribution in [-0.2, 0) is 4.84 Å². The molecular weight excluding hydrogens is 150 g/mol. The van der Waals surface area contributed by atoms with Crippen molar-refractivity contribution in [3.05, 3.63) is 28.8 Å². The largest absolute Gasteiger partial charge is 0.351 e. The van der Waals surface area contributed by atoms with E-state index in [0.29, 0.717) is 0 Å². The molecule has 0 saturated heterocycles. The first-order chi connectivity index (χ1) is 5.27. The lowest BCUT2D eigenvalue weighted by Gasteiger charge is -1.83. The summed E-state index contributed by atoms with van der Waals surface area (Å²) < 4.78 is 0. The lowest BCUT2D eigenvalue weighted by atomic mass is 10.9. The minimum Gasteiger partial charge on any atom is -0.351 e. The smallest absolute Gasteiger partial charge is 0.294 e. The van der Waals surface area contributed by atoms with Crippen LogP contribution in [0.4, 0.5) is 0 Å². The van der Waals surface area contributed by atoms with Crippen molar-refractivity contribution in [1.29, 1.82) is 0 Å². The maximum absolute atomic E-state index is 9.18. The highest BCUT2D eigenvalue weighted by Gasteiger charge is 1.83. The van der Waals surface area contributed by atoms with Crippen molar-refractivity contribution in [1.82, 2.24) is 9.97 Å². The Morgan fingerprint density at radius 1 is 1.82 bits per heavy atom. The fraction of sp³-hybridized carbons (Fsp3) is 0.400. The Morgan fingerprint density at radius 3 is 2.64 bits per heavy atom. The maximum atomic E-state index is 9.18. The van der Waals surface area contributed by atoms with Crippen LogP contribution in [0.2, 0.25) is 0 Å². The van der Waals surface area contributed by atoms with E-state index in [1.807, 2.05) is 0 Å². The Morgan fingerprint density at radius 2 is 2.55 bits per heavy atom. The summed E-state index contributed by atoms with van der Waals surface area (Å²) >= 11 is 0. The zero-order valence-corrected chi connectivity index (χ0v) is 6.06. The normalized spacial score (nSPS) is 7.73. The van der Waals surface area contributed by atoms with Crippen LogP contribution in [0, 0.1) is 10.1 Å². The molecule has 6 nitrogen and oxygen atoms in total. The Kier molecular flexibility index (Phi) is 5.59. The molecule has 0 atom stereocenters. The molecule has 1 heterocycles. The van der Waals surface area contributed by atoms with Crippen molar-refractivity contribution in [2.75, 3.05) is 6.61 Å². The summed E-state index contributed by atoms with van der Waals surface area (Å²) in [7, 11) is 0. The first-order valence-electron chi connectivity index (χ1n) is 2.97. The summed E-state index contributed by atoms with van der Waals surface area (Å²) in [6, 6.07) is 0. The van der Waals surface area contributed by atoms with Crippen LogP contribution in [-0.4, -0.2) is 21.7 Å². The first-order valence-corrected chi connectivity index (χ1v) is 2.97. The second kappa shape index (κ2) is 6.53. The molecule has 0 aliphatic rings. The fourth-order valence-electron chi connectivity index (χ4n) is 0.321. The Labute approximate surface area is 63.3 Å². The second-order valence-electron chi connectivity index (χ2n) is 1.40. The van der Waals surface area contributed by atoms with Crippen LogP contribution in [0.5, 0.6) is 0 Å². The maximum Gasteiger partial charge on any atom is 0.294 e. The van der Waals surface area contributed by atoms with E-state index >= 15 is 0 Å². The Bertz CT molecular complexity index is 158. The molecule has 0 radical (unpaired) electrons. The van der Waals surface area contributed by atoms with E-state index in [4.69, 9.17) is 0 Å². The Balaban J connectivity index is 0.000000183. The zero-order valence-electron chi connectivity index (χ0n) is 6.06. The molecule has 0 bridgehead atoms. The summed E-state index contributed by atoms with van der Waals surface area (Å²) in [6.07, 6.45) is 5.08. The van der Waals surface area contributed by atoms with Gasteiger partial charge in [-0.3, -0.25) is 0 Å². The minimum absolute atomic E-state index is 0.132. The van der Waals surface area contributed by atoms with Gasteiger partial charge in [0.05, 0.1) is 12.9 Å². The molecule has 0 aliphatic heterocycles. The van der Waals surface area contributed by atoms with Gasteiger partial charge in [-0.15, -0.1) is 10.1 Å². The average Bonchev–Trinajstić information content (AvgIpc) is 2.41. The summed E-state index contributed by atoms with van der Waals surface area (Å²) in [6.45, 7) is 1.69. The molecule has 62 valence electrons. The average molecular weight is 159 g/mol. The molecule has 6 heteroatoms. The van der Waals surface area contributed by atoms with E-state index < -0.39 is 5.09 Å². The van der Waals surface area contributed by atoms with Gasteiger partial charge in [-0.2, -0.15) is 0 Å². The highest BCUT2D eigenvalue weighted by Crippen LogP contribution is 1.67. The van der Waals surface area contributed by atoms with E-state index in [0.717, 1.165) is 0 Å². The van der Waals surface area contributed by atoms with E-state index in [1.54, 1.807) is 25.6 Å². The first kappa shape index (κ1) is 9.41. The third kappa shape index (κ3) is 8.41. The monoisotopic (exact) mass is 159 g/mol. The number of H-pyrrole nitrogens is 1. The highest BCUT2D eigenvalue weighted by molar-refractivity contribution is 4.64. The van der Waals surface area contributed by atoms with E-state index in [9.17, 15) is 10.1 Å². The molecular formula is C5H9N3O3. The SMILES string of the molecule is CCO[N+](=O)[O-].c1c[nH]cn1. The number of nitrogens with one attached hydrogen (secondary N) is 1. The number of aromatic amines is 1. The van der Waals surface area contributed by atoms with Crippen molar-refractivity contribution >= 4 is 0 Å². The van der Waals surface area contributed by atoms with Gasteiger partial charge in [0.1, 0.15) is 0 Å². The molecule has 1 aromatic rings. The fourth-order valence-corrected chi connectivity index (χ4v) is 0.321. The number of hydrogen-bond acceptors (Lipinski definition) is 4. The van der Waals surface area contributed by atoms with Gasteiger partial charge in [-0.05, 0) is 6.92 Å². The van der Waals surface area contributed by atoms with Crippen LogP contribution in [0.25, 0.3) is 0 Å². The molecule has 1 N–H and O–H groups in total. The van der Waals surface area contributed by atoms with Crippen LogP contribution >= 0.6 is 0 Å². The van der Waals surface area contributed by atoms with Crippen molar-refractivity contribution in [2.45, 2.75) is 6.92 Å². The minimum atomic E-state index is -0.819. The van der Waals surface area contributed by atoms with E-state index in [-0.39, 0.29) is 6.61 Å². The Hall–Kier alpha value is -1.59. The van der Waals surface area contributed by atoms with Crippen molar-refractivity contribution in [3.63, 3.8) is 0 Å². The molecule has 0 unspecified atom stereocenters. The van der Waals surface area contributed by atoms with Gasteiger partial charge in [0.15, 0.2) is 0 Å². The van der Waals surface area contributed by atoms with Gasteiger partial charge < -0.3 is 9.82 Å². The number of rotatable bonds is 2. The van der Waals surface area contributed by atoms with Gasteiger partial charge in [-0.1, -0.05) is 0 Å². The predicted molar refractivity (Wildman–Crippen MR) is 37.2 cm³/mol. The molecule has 0 aliphatic carbocycles. The lowest BCUT2D eigenvalue weighted by Crippen LogP contribution is -1.97. The van der Waals surface area contributed by atoms with Crippen LogP contribution < -0.4 is 0 Å². The molecule has 0 spiro atoms. The van der Waals surface area contributed by atoms with Crippen molar-refractivity contribution in [2.24, 2.45) is 0 Å². The summed E-state index contributed by atoms with van der Waals surface area (Å²) in [4.78, 5) is 19.4. The van der Waals surface area contributed by atoms with Crippen LogP contribution in [0.3, 0.4) is 0 Å². The predicted octanol–water partition coefficient (Wildman–Crippen LogP) is 0.624. The summed E-state index contributed by atoms with van der Waals surface area (Å²) in [5.74, 6) is 0. The summed E-state index contributed by atoms with van der Waals surface area (Å²) in [5, 5.41) is 8.36. The summed E-state index contributed by atoms with van der Waals surface area (Å²) in [5.41, 5.74) is 0. The van der Waals surface area contributed by atoms with Gasteiger partial charge in [-0.25, -0.2) is 4.98 Å². The quantitative estimate of drug-likeness (QED) is 0.506. The molecule has 0 saturated carbocycles.